The first-order chi connectivity index (χ1) is 9.15. The minimum absolute atomic E-state index is 0.0779. The molecular formula is C12H13N3O3S. The van der Waals surface area contributed by atoms with E-state index in [0.29, 0.717) is 0 Å². The van der Waals surface area contributed by atoms with Crippen LogP contribution in [0.4, 0.5) is 0 Å². The third-order valence-corrected chi connectivity index (χ3v) is 3.45. The zero-order valence-electron chi connectivity index (χ0n) is 10.0. The van der Waals surface area contributed by atoms with Crippen LogP contribution in [0.3, 0.4) is 0 Å². The molecule has 7 heteroatoms. The van der Waals surface area contributed by atoms with Gasteiger partial charge in [0.05, 0.1) is 12.5 Å². The van der Waals surface area contributed by atoms with Crippen LogP contribution in [-0.4, -0.2) is 26.8 Å². The van der Waals surface area contributed by atoms with Crippen LogP contribution in [0.25, 0.3) is 0 Å². The van der Waals surface area contributed by atoms with Crippen LogP contribution in [0.15, 0.2) is 36.0 Å². The molecule has 19 heavy (non-hydrogen) atoms. The second-order valence-electron chi connectivity index (χ2n) is 3.94. The van der Waals surface area contributed by atoms with Crippen molar-refractivity contribution >= 4 is 23.2 Å². The highest BCUT2D eigenvalue weighted by Crippen LogP contribution is 2.21. The minimum Gasteiger partial charge on any atom is -0.481 e. The second kappa shape index (κ2) is 6.14. The van der Waals surface area contributed by atoms with E-state index >= 15 is 0 Å². The molecule has 2 aromatic rings. The van der Waals surface area contributed by atoms with Crippen molar-refractivity contribution in [3.63, 3.8) is 0 Å². The topological polar surface area (TPSA) is 84.2 Å². The van der Waals surface area contributed by atoms with Crippen molar-refractivity contribution in [2.75, 3.05) is 0 Å². The molecular weight excluding hydrogens is 266 g/mol. The number of nitrogens with one attached hydrogen (secondary N) is 1. The number of carbonyl (C=O) groups excluding carboxylic acids is 1. The first-order valence-electron chi connectivity index (χ1n) is 5.67. The van der Waals surface area contributed by atoms with Gasteiger partial charge in [-0.3, -0.25) is 14.3 Å². The summed E-state index contributed by atoms with van der Waals surface area (Å²) in [5.41, 5.74) is 0. The third-order valence-electron chi connectivity index (χ3n) is 2.47. The first kappa shape index (κ1) is 13.3. The van der Waals surface area contributed by atoms with Crippen LogP contribution in [0.2, 0.25) is 0 Å². The lowest BCUT2D eigenvalue weighted by molar-refractivity contribution is -0.137. The molecule has 1 amide bonds. The molecule has 2 aromatic heterocycles. The normalized spacial score (nSPS) is 12.0. The van der Waals surface area contributed by atoms with E-state index in [4.69, 9.17) is 5.11 Å². The number of amides is 1. The maximum absolute atomic E-state index is 11.8. The molecule has 0 fully saturated rings. The van der Waals surface area contributed by atoms with Crippen LogP contribution < -0.4 is 5.32 Å². The highest BCUT2D eigenvalue weighted by atomic mass is 32.1. The average molecular weight is 279 g/mol. The van der Waals surface area contributed by atoms with Crippen molar-refractivity contribution in [2.45, 2.75) is 19.0 Å². The number of carboxylic acid groups (broad SMARTS) is 1. The number of nitrogens with zero attached hydrogens (tertiary/aromatic N) is 2. The monoisotopic (exact) mass is 279 g/mol. The molecule has 0 aliphatic heterocycles. The van der Waals surface area contributed by atoms with Gasteiger partial charge in [0.2, 0.25) is 5.91 Å². The maximum atomic E-state index is 11.8. The fourth-order valence-electron chi connectivity index (χ4n) is 1.67. The lowest BCUT2D eigenvalue weighted by atomic mass is 10.1. The fraction of sp³-hybridized carbons (Fsp3) is 0.250. The minimum atomic E-state index is -0.946. The zero-order chi connectivity index (χ0) is 13.7. The Bertz CT molecular complexity index is 537. The molecule has 0 aliphatic rings. The van der Waals surface area contributed by atoms with Gasteiger partial charge in [-0.2, -0.15) is 5.10 Å². The van der Waals surface area contributed by atoms with Crippen LogP contribution in [0, 0.1) is 0 Å². The van der Waals surface area contributed by atoms with Crippen molar-refractivity contribution < 1.29 is 14.7 Å². The predicted molar refractivity (Wildman–Crippen MR) is 69.7 cm³/mol. The van der Waals surface area contributed by atoms with Crippen molar-refractivity contribution in [3.8, 4) is 0 Å². The molecule has 1 atom stereocenters. The summed E-state index contributed by atoms with van der Waals surface area (Å²) in [7, 11) is 0. The molecule has 2 heterocycles. The molecule has 0 radical (unpaired) electrons. The molecule has 2 rings (SSSR count). The van der Waals surface area contributed by atoms with Crippen LogP contribution in [-0.2, 0) is 16.1 Å². The average Bonchev–Trinajstić information content (AvgIpc) is 2.99. The highest BCUT2D eigenvalue weighted by molar-refractivity contribution is 7.10. The summed E-state index contributed by atoms with van der Waals surface area (Å²) in [6.45, 7) is 0.0779. The number of hydrogen-bond acceptors (Lipinski definition) is 4. The Morgan fingerprint density at radius 2 is 2.32 bits per heavy atom. The van der Waals surface area contributed by atoms with E-state index in [1.54, 1.807) is 18.5 Å². The van der Waals surface area contributed by atoms with Gasteiger partial charge >= 0.3 is 5.97 Å². The fourth-order valence-corrected chi connectivity index (χ4v) is 2.45. The van der Waals surface area contributed by atoms with Gasteiger partial charge in [0, 0.05) is 17.3 Å². The molecule has 0 saturated heterocycles. The SMILES string of the molecule is O=C(O)CC(NC(=O)Cn1cccn1)c1cccs1. The van der Waals surface area contributed by atoms with Crippen molar-refractivity contribution in [2.24, 2.45) is 0 Å². The van der Waals surface area contributed by atoms with Gasteiger partial charge < -0.3 is 10.4 Å². The number of carboxylic acids is 1. The summed E-state index contributed by atoms with van der Waals surface area (Å²) in [6.07, 6.45) is 3.13. The molecule has 0 spiro atoms. The van der Waals surface area contributed by atoms with Gasteiger partial charge in [0.15, 0.2) is 0 Å². The highest BCUT2D eigenvalue weighted by Gasteiger charge is 2.19. The molecule has 0 saturated carbocycles. The number of aliphatic carboxylic acids is 1. The van der Waals surface area contributed by atoms with E-state index in [0.717, 1.165) is 4.88 Å². The molecule has 100 valence electrons. The van der Waals surface area contributed by atoms with Gasteiger partial charge in [-0.05, 0) is 17.5 Å². The van der Waals surface area contributed by atoms with Gasteiger partial charge in [-0.15, -0.1) is 11.3 Å². The standard InChI is InChI=1S/C12H13N3O3S/c16-11(8-15-5-2-4-13-15)14-9(7-12(17)18)10-3-1-6-19-10/h1-6,9H,7-8H2,(H,14,16)(H,17,18). The van der Waals surface area contributed by atoms with Crippen molar-refractivity contribution in [1.29, 1.82) is 0 Å². The van der Waals surface area contributed by atoms with Crippen LogP contribution in [0.5, 0.6) is 0 Å². The van der Waals surface area contributed by atoms with Crippen molar-refractivity contribution in [3.05, 3.63) is 40.8 Å². The van der Waals surface area contributed by atoms with Gasteiger partial charge in [0.25, 0.3) is 0 Å². The van der Waals surface area contributed by atoms with Gasteiger partial charge in [-0.25, -0.2) is 0 Å². The Morgan fingerprint density at radius 3 is 2.89 bits per heavy atom. The maximum Gasteiger partial charge on any atom is 0.305 e. The number of carbonyl (C=O) groups is 2. The van der Waals surface area contributed by atoms with E-state index in [-0.39, 0.29) is 18.9 Å². The van der Waals surface area contributed by atoms with Crippen LogP contribution >= 0.6 is 11.3 Å². The summed E-state index contributed by atoms with van der Waals surface area (Å²) in [6, 6.07) is 4.86. The van der Waals surface area contributed by atoms with Crippen molar-refractivity contribution in [1.82, 2.24) is 15.1 Å². The number of hydrogen-bond donors (Lipinski definition) is 2. The van der Waals surface area contributed by atoms with Gasteiger partial charge in [0.1, 0.15) is 6.54 Å². The summed E-state index contributed by atoms with van der Waals surface area (Å²) in [5.74, 6) is -1.21. The summed E-state index contributed by atoms with van der Waals surface area (Å²) in [4.78, 5) is 23.5. The molecule has 0 bridgehead atoms. The summed E-state index contributed by atoms with van der Waals surface area (Å²) >= 11 is 1.42. The molecule has 2 N–H and O–H groups in total. The predicted octanol–water partition coefficient (Wildman–Crippen LogP) is 1.28. The largest absolute Gasteiger partial charge is 0.481 e. The van der Waals surface area contributed by atoms with Crippen LogP contribution in [0.1, 0.15) is 17.3 Å². The number of rotatable bonds is 6. The van der Waals surface area contributed by atoms with E-state index in [1.165, 1.54) is 16.0 Å². The smallest absolute Gasteiger partial charge is 0.305 e. The molecule has 0 aromatic carbocycles. The van der Waals surface area contributed by atoms with E-state index in [9.17, 15) is 9.59 Å². The van der Waals surface area contributed by atoms with E-state index in [1.807, 2.05) is 17.5 Å². The van der Waals surface area contributed by atoms with E-state index < -0.39 is 12.0 Å². The third kappa shape index (κ3) is 3.92. The molecule has 1 unspecified atom stereocenters. The van der Waals surface area contributed by atoms with Gasteiger partial charge in [-0.1, -0.05) is 6.07 Å². The van der Waals surface area contributed by atoms with E-state index in [2.05, 4.69) is 10.4 Å². The Morgan fingerprint density at radius 1 is 1.47 bits per heavy atom. The number of thiophene rings is 1. The Balaban J connectivity index is 1.99. The summed E-state index contributed by atoms with van der Waals surface area (Å²) < 4.78 is 1.49. The lowest BCUT2D eigenvalue weighted by Gasteiger charge is -2.15. The lowest BCUT2D eigenvalue weighted by Crippen LogP contribution is -2.32. The zero-order valence-corrected chi connectivity index (χ0v) is 10.8. The Hall–Kier alpha value is -2.15. The Labute approximate surface area is 113 Å². The molecule has 0 aliphatic carbocycles. The molecule has 6 nitrogen and oxygen atoms in total. The Kier molecular flexibility index (Phi) is 4.30. The first-order valence-corrected chi connectivity index (χ1v) is 6.55. The second-order valence-corrected chi connectivity index (χ2v) is 4.92. The quantitative estimate of drug-likeness (QED) is 0.834. The number of aromatic nitrogens is 2. The summed E-state index contributed by atoms with van der Waals surface area (Å²) in [5, 5.41) is 17.4.